The normalized spacial score (nSPS) is 14.7. The van der Waals surface area contributed by atoms with E-state index in [-0.39, 0.29) is 12.1 Å². The van der Waals surface area contributed by atoms with Crippen LogP contribution in [-0.2, 0) is 0 Å². The average Bonchev–Trinajstić information content (AvgIpc) is 2.30. The number of ether oxygens (including phenoxy) is 1. The molecule has 1 aromatic carbocycles. The summed E-state index contributed by atoms with van der Waals surface area (Å²) in [4.78, 5) is 0. The highest BCUT2D eigenvalue weighted by molar-refractivity contribution is 5.45. The summed E-state index contributed by atoms with van der Waals surface area (Å²) in [5, 5.41) is 3.30. The van der Waals surface area contributed by atoms with Crippen LogP contribution in [0.25, 0.3) is 0 Å². The Morgan fingerprint density at radius 3 is 2.17 bits per heavy atom. The van der Waals surface area contributed by atoms with Crippen LogP contribution in [0.2, 0.25) is 0 Å². The van der Waals surface area contributed by atoms with Crippen molar-refractivity contribution < 1.29 is 4.74 Å². The van der Waals surface area contributed by atoms with Gasteiger partial charge in [-0.05, 0) is 55.6 Å². The smallest absolute Gasteiger partial charge is 0.122 e. The van der Waals surface area contributed by atoms with Crippen molar-refractivity contribution in [3.63, 3.8) is 0 Å². The molecule has 3 heteroatoms. The molecule has 0 aromatic heterocycles. The first kappa shape index (κ1) is 15.0. The molecule has 0 saturated heterocycles. The standard InChI is InChI=1S/C15H26N2O/c1-9(2)12-8-13(15(17-5)11(4)16)10(3)7-14(12)18-6/h7-9,11,15,17H,16H2,1-6H3. The molecule has 0 heterocycles. The molecule has 3 nitrogen and oxygen atoms in total. The Balaban J connectivity index is 3.32. The number of rotatable bonds is 5. The molecule has 0 aliphatic carbocycles. The molecule has 0 radical (unpaired) electrons. The van der Waals surface area contributed by atoms with E-state index in [4.69, 9.17) is 10.5 Å². The van der Waals surface area contributed by atoms with E-state index in [0.29, 0.717) is 5.92 Å². The first-order valence-corrected chi connectivity index (χ1v) is 6.53. The summed E-state index contributed by atoms with van der Waals surface area (Å²) in [6.45, 7) is 8.49. The summed E-state index contributed by atoms with van der Waals surface area (Å²) in [5.41, 5.74) is 9.76. The fourth-order valence-electron chi connectivity index (χ4n) is 2.38. The van der Waals surface area contributed by atoms with Crippen LogP contribution in [0.3, 0.4) is 0 Å². The number of likely N-dealkylation sites (N-methyl/N-ethyl adjacent to an activating group) is 1. The molecule has 0 saturated carbocycles. The van der Waals surface area contributed by atoms with E-state index in [1.807, 2.05) is 14.0 Å². The van der Waals surface area contributed by atoms with E-state index in [0.717, 1.165) is 5.75 Å². The Bertz CT molecular complexity index is 400. The molecule has 1 aromatic rings. The second-order valence-electron chi connectivity index (χ2n) is 5.23. The van der Waals surface area contributed by atoms with Crippen molar-refractivity contribution in [1.82, 2.24) is 5.32 Å². The van der Waals surface area contributed by atoms with Gasteiger partial charge in [-0.3, -0.25) is 0 Å². The monoisotopic (exact) mass is 250 g/mol. The molecule has 102 valence electrons. The van der Waals surface area contributed by atoms with Crippen LogP contribution in [0.4, 0.5) is 0 Å². The number of benzene rings is 1. The molecule has 2 atom stereocenters. The summed E-state index contributed by atoms with van der Waals surface area (Å²) in [7, 11) is 3.67. The molecule has 0 aliphatic rings. The van der Waals surface area contributed by atoms with Gasteiger partial charge in [-0.25, -0.2) is 0 Å². The number of nitrogens with one attached hydrogen (secondary N) is 1. The zero-order valence-corrected chi connectivity index (χ0v) is 12.4. The number of aryl methyl sites for hydroxylation is 1. The van der Waals surface area contributed by atoms with Gasteiger partial charge in [-0.1, -0.05) is 13.8 Å². The Morgan fingerprint density at radius 2 is 1.78 bits per heavy atom. The van der Waals surface area contributed by atoms with Gasteiger partial charge in [-0.15, -0.1) is 0 Å². The third-order valence-electron chi connectivity index (χ3n) is 3.41. The van der Waals surface area contributed by atoms with Gasteiger partial charge in [0.25, 0.3) is 0 Å². The number of hydrogen-bond donors (Lipinski definition) is 2. The number of methoxy groups -OCH3 is 1. The van der Waals surface area contributed by atoms with Crippen LogP contribution in [0.15, 0.2) is 12.1 Å². The van der Waals surface area contributed by atoms with Crippen molar-refractivity contribution in [1.29, 1.82) is 0 Å². The maximum Gasteiger partial charge on any atom is 0.122 e. The van der Waals surface area contributed by atoms with Crippen molar-refractivity contribution in [3.8, 4) is 5.75 Å². The molecule has 1 rings (SSSR count). The highest BCUT2D eigenvalue weighted by Gasteiger charge is 2.19. The molecule has 0 bridgehead atoms. The number of nitrogens with two attached hydrogens (primary N) is 1. The quantitative estimate of drug-likeness (QED) is 0.844. The van der Waals surface area contributed by atoms with E-state index in [9.17, 15) is 0 Å². The molecule has 18 heavy (non-hydrogen) atoms. The Hall–Kier alpha value is -1.06. The molecular formula is C15H26N2O. The fourth-order valence-corrected chi connectivity index (χ4v) is 2.38. The van der Waals surface area contributed by atoms with Crippen LogP contribution in [0.1, 0.15) is 49.4 Å². The second kappa shape index (κ2) is 6.21. The van der Waals surface area contributed by atoms with E-state index in [2.05, 4.69) is 38.2 Å². The zero-order valence-electron chi connectivity index (χ0n) is 12.4. The highest BCUT2D eigenvalue weighted by Crippen LogP contribution is 2.32. The van der Waals surface area contributed by atoms with Gasteiger partial charge in [0, 0.05) is 12.1 Å². The van der Waals surface area contributed by atoms with Crippen LogP contribution >= 0.6 is 0 Å². The van der Waals surface area contributed by atoms with Crippen molar-refractivity contribution in [2.75, 3.05) is 14.2 Å². The summed E-state index contributed by atoms with van der Waals surface area (Å²) < 4.78 is 5.46. The van der Waals surface area contributed by atoms with Crippen LogP contribution in [-0.4, -0.2) is 20.2 Å². The lowest BCUT2D eigenvalue weighted by molar-refractivity contribution is 0.406. The maximum atomic E-state index is 6.05. The van der Waals surface area contributed by atoms with Gasteiger partial charge in [0.1, 0.15) is 5.75 Å². The molecule has 0 amide bonds. The topological polar surface area (TPSA) is 47.3 Å². The predicted octanol–water partition coefficient (Wildman–Crippen LogP) is 2.73. The van der Waals surface area contributed by atoms with E-state index >= 15 is 0 Å². The van der Waals surface area contributed by atoms with Crippen LogP contribution in [0, 0.1) is 6.92 Å². The second-order valence-corrected chi connectivity index (χ2v) is 5.23. The third-order valence-corrected chi connectivity index (χ3v) is 3.41. The lowest BCUT2D eigenvalue weighted by atomic mass is 9.91. The van der Waals surface area contributed by atoms with Crippen molar-refractivity contribution in [3.05, 3.63) is 28.8 Å². The van der Waals surface area contributed by atoms with Gasteiger partial charge in [-0.2, -0.15) is 0 Å². The molecular weight excluding hydrogens is 224 g/mol. The van der Waals surface area contributed by atoms with Crippen molar-refractivity contribution >= 4 is 0 Å². The van der Waals surface area contributed by atoms with Gasteiger partial charge < -0.3 is 15.8 Å². The summed E-state index contributed by atoms with van der Waals surface area (Å²) in [6, 6.07) is 4.58. The first-order valence-electron chi connectivity index (χ1n) is 6.53. The lowest BCUT2D eigenvalue weighted by Crippen LogP contribution is -2.34. The first-order chi connectivity index (χ1) is 8.42. The Labute approximate surface area is 111 Å². The van der Waals surface area contributed by atoms with E-state index < -0.39 is 0 Å². The maximum absolute atomic E-state index is 6.05. The summed E-state index contributed by atoms with van der Waals surface area (Å²) in [5.74, 6) is 1.40. The molecule has 2 unspecified atom stereocenters. The third kappa shape index (κ3) is 3.03. The van der Waals surface area contributed by atoms with Crippen LogP contribution in [0.5, 0.6) is 5.75 Å². The van der Waals surface area contributed by atoms with Gasteiger partial charge in [0.05, 0.1) is 7.11 Å². The molecule has 3 N–H and O–H groups in total. The minimum absolute atomic E-state index is 0.0714. The Kier molecular flexibility index (Phi) is 5.17. The molecule has 0 aliphatic heterocycles. The van der Waals surface area contributed by atoms with E-state index in [1.54, 1.807) is 7.11 Å². The molecule has 0 fully saturated rings. The lowest BCUT2D eigenvalue weighted by Gasteiger charge is -2.25. The average molecular weight is 250 g/mol. The van der Waals surface area contributed by atoms with E-state index in [1.165, 1.54) is 16.7 Å². The van der Waals surface area contributed by atoms with Crippen molar-refractivity contribution in [2.45, 2.75) is 45.7 Å². The van der Waals surface area contributed by atoms with Crippen LogP contribution < -0.4 is 15.8 Å². The minimum atomic E-state index is 0.0714. The predicted molar refractivity (Wildman–Crippen MR) is 77.3 cm³/mol. The number of hydrogen-bond acceptors (Lipinski definition) is 3. The zero-order chi connectivity index (χ0) is 13.9. The van der Waals surface area contributed by atoms with Gasteiger partial charge in [0.2, 0.25) is 0 Å². The van der Waals surface area contributed by atoms with Gasteiger partial charge >= 0.3 is 0 Å². The Morgan fingerprint density at radius 1 is 1.17 bits per heavy atom. The van der Waals surface area contributed by atoms with Gasteiger partial charge in [0.15, 0.2) is 0 Å². The summed E-state index contributed by atoms with van der Waals surface area (Å²) >= 11 is 0. The minimum Gasteiger partial charge on any atom is -0.496 e. The molecule has 0 spiro atoms. The largest absolute Gasteiger partial charge is 0.496 e. The fraction of sp³-hybridized carbons (Fsp3) is 0.600. The summed E-state index contributed by atoms with van der Waals surface area (Å²) in [6.07, 6.45) is 0. The SMILES string of the molecule is CNC(c1cc(C(C)C)c(OC)cc1C)C(C)N. The highest BCUT2D eigenvalue weighted by atomic mass is 16.5. The van der Waals surface area contributed by atoms with Crippen molar-refractivity contribution in [2.24, 2.45) is 5.73 Å².